The second kappa shape index (κ2) is 8.71. The van der Waals surface area contributed by atoms with E-state index < -0.39 is 0 Å². The van der Waals surface area contributed by atoms with Gasteiger partial charge in [0.25, 0.3) is 0 Å². The Hall–Kier alpha value is -2.12. The summed E-state index contributed by atoms with van der Waals surface area (Å²) in [6, 6.07) is 10.8. The summed E-state index contributed by atoms with van der Waals surface area (Å²) in [7, 11) is 0. The fraction of sp³-hybridized carbons (Fsp3) is 0.409. The number of nitrogens with zero attached hydrogens (tertiary/aromatic N) is 3. The molecule has 4 rings (SSSR count). The minimum atomic E-state index is -0.00338. The number of amides is 1. The average Bonchev–Trinajstić information content (AvgIpc) is 3.24. The molecule has 1 N–H and O–H groups in total. The highest BCUT2D eigenvalue weighted by molar-refractivity contribution is 7.99. The van der Waals surface area contributed by atoms with E-state index in [9.17, 15) is 4.79 Å². The number of hydrogen-bond acceptors (Lipinski definition) is 5. The molecule has 0 spiro atoms. The first-order valence-corrected chi connectivity index (χ1v) is 11.9. The molecule has 2 heterocycles. The Morgan fingerprint density at radius 3 is 2.79 bits per heavy atom. The Morgan fingerprint density at radius 1 is 1.28 bits per heavy atom. The molecule has 0 radical (unpaired) electrons. The minimum absolute atomic E-state index is 0.00338. The average molecular weight is 427 g/mol. The van der Waals surface area contributed by atoms with Gasteiger partial charge in [0.1, 0.15) is 5.82 Å². The van der Waals surface area contributed by atoms with Gasteiger partial charge >= 0.3 is 0 Å². The van der Waals surface area contributed by atoms with Crippen LogP contribution in [0.1, 0.15) is 60.5 Å². The highest BCUT2D eigenvalue weighted by Crippen LogP contribution is 2.39. The molecule has 29 heavy (non-hydrogen) atoms. The summed E-state index contributed by atoms with van der Waals surface area (Å²) in [6.45, 7) is 6.33. The van der Waals surface area contributed by atoms with Crippen LogP contribution < -0.4 is 5.32 Å². The third-order valence-corrected chi connectivity index (χ3v) is 6.90. The predicted molar refractivity (Wildman–Crippen MR) is 120 cm³/mol. The molecule has 0 atom stereocenters. The van der Waals surface area contributed by atoms with E-state index in [-0.39, 0.29) is 5.91 Å². The summed E-state index contributed by atoms with van der Waals surface area (Å²) in [5.74, 6) is 1.68. The number of thioether (sulfide) groups is 1. The zero-order chi connectivity index (χ0) is 20.4. The molecule has 0 saturated heterocycles. The van der Waals surface area contributed by atoms with Crippen molar-refractivity contribution in [1.82, 2.24) is 14.8 Å². The number of aryl methyl sites for hydroxylation is 1. The molecule has 5 nitrogen and oxygen atoms in total. The van der Waals surface area contributed by atoms with Crippen LogP contribution in [0.2, 0.25) is 0 Å². The van der Waals surface area contributed by atoms with Gasteiger partial charge in [-0.2, -0.15) is 0 Å². The fourth-order valence-corrected chi connectivity index (χ4v) is 4.97. The van der Waals surface area contributed by atoms with Gasteiger partial charge in [0, 0.05) is 23.0 Å². The largest absolute Gasteiger partial charge is 0.325 e. The van der Waals surface area contributed by atoms with Crippen LogP contribution in [0.5, 0.6) is 0 Å². The van der Waals surface area contributed by atoms with Crippen LogP contribution >= 0.6 is 23.1 Å². The molecule has 152 valence electrons. The van der Waals surface area contributed by atoms with Crippen molar-refractivity contribution < 1.29 is 4.79 Å². The maximum atomic E-state index is 12.7. The number of anilines is 1. The van der Waals surface area contributed by atoms with Crippen LogP contribution in [-0.4, -0.2) is 26.4 Å². The molecular weight excluding hydrogens is 400 g/mol. The summed E-state index contributed by atoms with van der Waals surface area (Å²) in [6.07, 6.45) is 3.13. The maximum Gasteiger partial charge on any atom is 0.234 e. The van der Waals surface area contributed by atoms with Gasteiger partial charge in [-0.15, -0.1) is 21.5 Å². The van der Waals surface area contributed by atoms with Gasteiger partial charge in [0.15, 0.2) is 5.16 Å². The number of nitrogens with one attached hydrogen (secondary N) is 1. The lowest BCUT2D eigenvalue weighted by Gasteiger charge is -2.16. The van der Waals surface area contributed by atoms with Gasteiger partial charge in [0.2, 0.25) is 5.91 Å². The summed E-state index contributed by atoms with van der Waals surface area (Å²) < 4.78 is 2.24. The monoisotopic (exact) mass is 426 g/mol. The number of aromatic nitrogens is 3. The van der Waals surface area contributed by atoms with Gasteiger partial charge in [-0.05, 0) is 48.3 Å². The van der Waals surface area contributed by atoms with E-state index in [1.54, 1.807) is 11.3 Å². The smallest absolute Gasteiger partial charge is 0.234 e. The summed E-state index contributed by atoms with van der Waals surface area (Å²) in [5.41, 5.74) is 3.20. The number of para-hydroxylation sites is 1. The number of carbonyl (C=O) groups excluding carboxylic acids is 1. The zero-order valence-corrected chi connectivity index (χ0v) is 18.6. The summed E-state index contributed by atoms with van der Waals surface area (Å²) >= 11 is 3.22. The highest BCUT2D eigenvalue weighted by Gasteiger charge is 2.30. The minimum Gasteiger partial charge on any atom is -0.325 e. The molecule has 1 saturated carbocycles. The predicted octanol–water partition coefficient (Wildman–Crippen LogP) is 5.43. The summed E-state index contributed by atoms with van der Waals surface area (Å²) in [4.78, 5) is 14.0. The van der Waals surface area contributed by atoms with Crippen molar-refractivity contribution >= 4 is 34.7 Å². The Morgan fingerprint density at radius 2 is 2.10 bits per heavy atom. The number of thiophene rings is 1. The van der Waals surface area contributed by atoms with Crippen LogP contribution in [0.4, 0.5) is 5.69 Å². The molecule has 1 aromatic carbocycles. The van der Waals surface area contributed by atoms with Gasteiger partial charge in [-0.3, -0.25) is 4.79 Å². The standard InChI is InChI=1S/C22H26N4OS2/c1-14(2)18-8-4-6-15(3)21(18)23-20(27)13-29-22-25-24-19(26(22)16-9-10-16)12-17-7-5-11-28-17/h4-8,11,14,16H,9-10,12-13H2,1-3H3,(H,23,27). The van der Waals surface area contributed by atoms with Crippen LogP contribution in [0, 0.1) is 6.92 Å². The quantitative estimate of drug-likeness (QED) is 0.488. The van der Waals surface area contributed by atoms with Gasteiger partial charge in [0.05, 0.1) is 5.75 Å². The second-order valence-electron chi connectivity index (χ2n) is 7.79. The maximum absolute atomic E-state index is 12.7. The molecule has 1 aliphatic rings. The van der Waals surface area contributed by atoms with E-state index in [4.69, 9.17) is 0 Å². The lowest BCUT2D eigenvalue weighted by molar-refractivity contribution is -0.113. The van der Waals surface area contributed by atoms with Gasteiger partial charge < -0.3 is 9.88 Å². The van der Waals surface area contributed by atoms with Crippen molar-refractivity contribution in [3.8, 4) is 0 Å². The zero-order valence-electron chi connectivity index (χ0n) is 17.0. The van der Waals surface area contributed by atoms with Crippen molar-refractivity contribution in [1.29, 1.82) is 0 Å². The van der Waals surface area contributed by atoms with E-state index in [1.807, 2.05) is 19.1 Å². The van der Waals surface area contributed by atoms with Gasteiger partial charge in [-0.25, -0.2) is 0 Å². The Labute approximate surface area is 179 Å². The van der Waals surface area contributed by atoms with E-state index >= 15 is 0 Å². The molecule has 2 aromatic heterocycles. The first-order valence-electron chi connectivity index (χ1n) is 10.0. The number of rotatable bonds is 8. The van der Waals surface area contributed by atoms with Crippen molar-refractivity contribution in [2.24, 2.45) is 0 Å². The fourth-order valence-electron chi connectivity index (χ4n) is 3.44. The third-order valence-electron chi connectivity index (χ3n) is 5.08. The van der Waals surface area contributed by atoms with Crippen molar-refractivity contribution in [2.75, 3.05) is 11.1 Å². The van der Waals surface area contributed by atoms with Crippen molar-refractivity contribution in [2.45, 2.75) is 57.1 Å². The Balaban J connectivity index is 1.44. The lowest BCUT2D eigenvalue weighted by atomic mass is 9.98. The lowest BCUT2D eigenvalue weighted by Crippen LogP contribution is -2.17. The third kappa shape index (κ3) is 4.73. The van der Waals surface area contributed by atoms with Crippen LogP contribution in [-0.2, 0) is 11.2 Å². The Bertz CT molecular complexity index is 990. The molecule has 1 aliphatic carbocycles. The van der Waals surface area contributed by atoms with E-state index in [1.165, 1.54) is 22.2 Å². The first-order chi connectivity index (χ1) is 14.0. The van der Waals surface area contributed by atoms with Crippen LogP contribution in [0.3, 0.4) is 0 Å². The molecule has 0 bridgehead atoms. The summed E-state index contributed by atoms with van der Waals surface area (Å²) in [5, 5.41) is 14.9. The van der Waals surface area contributed by atoms with Crippen LogP contribution in [0.15, 0.2) is 40.9 Å². The van der Waals surface area contributed by atoms with E-state index in [0.29, 0.717) is 17.7 Å². The SMILES string of the molecule is Cc1cccc(C(C)C)c1NC(=O)CSc1nnc(Cc2cccs2)n1C1CC1. The normalized spacial score (nSPS) is 13.8. The number of hydrogen-bond donors (Lipinski definition) is 1. The molecule has 0 unspecified atom stereocenters. The molecular formula is C22H26N4OS2. The molecule has 0 aliphatic heterocycles. The molecule has 1 fully saturated rings. The van der Waals surface area contributed by atoms with Crippen LogP contribution in [0.25, 0.3) is 0 Å². The number of carbonyl (C=O) groups is 1. The first kappa shape index (κ1) is 20.2. The molecule has 1 amide bonds. The van der Waals surface area contributed by atoms with E-state index in [2.05, 4.69) is 57.5 Å². The second-order valence-corrected chi connectivity index (χ2v) is 9.76. The van der Waals surface area contributed by atoms with Crippen molar-refractivity contribution in [3.05, 3.63) is 57.5 Å². The molecule has 3 aromatic rings. The number of benzene rings is 1. The van der Waals surface area contributed by atoms with E-state index in [0.717, 1.165) is 41.5 Å². The van der Waals surface area contributed by atoms with Gasteiger partial charge in [-0.1, -0.05) is 49.9 Å². The highest BCUT2D eigenvalue weighted by atomic mass is 32.2. The Kier molecular flexibility index (Phi) is 6.06. The topological polar surface area (TPSA) is 59.8 Å². The molecule has 7 heteroatoms. The van der Waals surface area contributed by atoms with Crippen molar-refractivity contribution in [3.63, 3.8) is 0 Å².